The Morgan fingerprint density at radius 2 is 2.04 bits per heavy atom. The lowest BCUT2D eigenvalue weighted by Crippen LogP contribution is -2.50. The van der Waals surface area contributed by atoms with Gasteiger partial charge in [0.15, 0.2) is 0 Å². The Bertz CT molecular complexity index is 778. The van der Waals surface area contributed by atoms with Gasteiger partial charge in [-0.2, -0.15) is 0 Å². The number of hydrogen-bond donors (Lipinski definition) is 1. The summed E-state index contributed by atoms with van der Waals surface area (Å²) < 4.78 is 16.4. The minimum atomic E-state index is -0.781. The van der Waals surface area contributed by atoms with E-state index in [0.717, 1.165) is 11.1 Å². The number of aliphatic hydroxyl groups excluding tert-OH is 1. The largest absolute Gasteiger partial charge is 0.472 e. The first-order valence-electron chi connectivity index (χ1n) is 8.88. The van der Waals surface area contributed by atoms with E-state index in [0.29, 0.717) is 31.3 Å². The number of carbonyl (C=O) groups is 2. The second kappa shape index (κ2) is 4.97. The molecule has 2 aliphatic heterocycles. The van der Waals surface area contributed by atoms with Crippen LogP contribution in [-0.4, -0.2) is 29.3 Å². The number of rotatable bonds is 1. The second-order valence-electron chi connectivity index (χ2n) is 7.74. The van der Waals surface area contributed by atoms with Gasteiger partial charge in [-0.1, -0.05) is 6.92 Å². The van der Waals surface area contributed by atoms with Crippen LogP contribution in [0.1, 0.15) is 44.3 Å². The highest BCUT2D eigenvalue weighted by molar-refractivity contribution is 5.95. The van der Waals surface area contributed by atoms with Gasteiger partial charge in [0.25, 0.3) is 0 Å². The normalized spacial score (nSPS) is 42.6. The molecule has 4 aliphatic rings. The van der Waals surface area contributed by atoms with Crippen molar-refractivity contribution < 1.29 is 28.6 Å². The molecule has 25 heavy (non-hydrogen) atoms. The molecule has 0 aromatic carbocycles. The van der Waals surface area contributed by atoms with E-state index in [1.54, 1.807) is 12.5 Å². The predicted octanol–water partition coefficient (Wildman–Crippen LogP) is 2.29. The Hall–Kier alpha value is -2.08. The van der Waals surface area contributed by atoms with Crippen molar-refractivity contribution in [2.45, 2.75) is 50.9 Å². The predicted molar refractivity (Wildman–Crippen MR) is 84.0 cm³/mol. The third kappa shape index (κ3) is 1.83. The first-order chi connectivity index (χ1) is 12.0. The maximum atomic E-state index is 13.1. The van der Waals surface area contributed by atoms with E-state index in [1.165, 1.54) is 0 Å². The molecule has 6 heteroatoms. The number of carbonyl (C=O) groups excluding carboxylic acids is 2. The van der Waals surface area contributed by atoms with Crippen molar-refractivity contribution >= 4 is 11.9 Å². The molecule has 0 unspecified atom stereocenters. The zero-order valence-electron chi connectivity index (χ0n) is 13.9. The van der Waals surface area contributed by atoms with Crippen molar-refractivity contribution in [3.05, 3.63) is 35.3 Å². The maximum absolute atomic E-state index is 13.1. The zero-order chi connectivity index (χ0) is 17.3. The Labute approximate surface area is 144 Å². The summed E-state index contributed by atoms with van der Waals surface area (Å²) in [5, 5.41) is 10.3. The number of cyclic esters (lactones) is 1. The van der Waals surface area contributed by atoms with Crippen molar-refractivity contribution in [2.24, 2.45) is 17.3 Å². The minimum absolute atomic E-state index is 0.0399. The number of fused-ring (bicyclic) bond motifs is 1. The molecule has 1 aromatic heterocycles. The highest BCUT2D eigenvalue weighted by Gasteiger charge is 2.64. The summed E-state index contributed by atoms with van der Waals surface area (Å²) >= 11 is 0. The van der Waals surface area contributed by atoms with Gasteiger partial charge in [-0.25, -0.2) is 4.79 Å². The van der Waals surface area contributed by atoms with Crippen LogP contribution in [0.3, 0.4) is 0 Å². The molecule has 3 heterocycles. The molecule has 6 nitrogen and oxygen atoms in total. The van der Waals surface area contributed by atoms with Gasteiger partial charge in [0.05, 0.1) is 29.6 Å². The monoisotopic (exact) mass is 344 g/mol. The average molecular weight is 344 g/mol. The molecule has 1 aromatic rings. The Kier molecular flexibility index (Phi) is 3.02. The van der Waals surface area contributed by atoms with Crippen molar-refractivity contribution in [3.8, 4) is 0 Å². The molecule has 2 aliphatic carbocycles. The molecule has 132 valence electrons. The van der Waals surface area contributed by atoms with E-state index in [1.807, 2.05) is 13.0 Å². The summed E-state index contributed by atoms with van der Waals surface area (Å²) in [6.07, 6.45) is 4.11. The van der Waals surface area contributed by atoms with Crippen LogP contribution < -0.4 is 0 Å². The fourth-order valence-electron chi connectivity index (χ4n) is 5.50. The van der Waals surface area contributed by atoms with Gasteiger partial charge >= 0.3 is 11.9 Å². The summed E-state index contributed by atoms with van der Waals surface area (Å²) in [5.41, 5.74) is 1.45. The minimum Gasteiger partial charge on any atom is -0.472 e. The highest BCUT2D eigenvalue weighted by Crippen LogP contribution is 2.62. The molecule has 0 radical (unpaired) electrons. The second-order valence-corrected chi connectivity index (χ2v) is 7.74. The summed E-state index contributed by atoms with van der Waals surface area (Å²) in [7, 11) is 0. The number of ether oxygens (including phenoxy) is 2. The topological polar surface area (TPSA) is 86.0 Å². The Morgan fingerprint density at radius 1 is 1.20 bits per heavy atom. The molecule has 0 bridgehead atoms. The average Bonchev–Trinajstić information content (AvgIpc) is 3.27. The van der Waals surface area contributed by atoms with E-state index in [4.69, 9.17) is 13.9 Å². The van der Waals surface area contributed by atoms with Gasteiger partial charge in [-0.05, 0) is 36.8 Å². The van der Waals surface area contributed by atoms with Gasteiger partial charge in [-0.15, -0.1) is 0 Å². The van der Waals surface area contributed by atoms with Crippen LogP contribution in [0.4, 0.5) is 0 Å². The molecule has 1 saturated carbocycles. The highest BCUT2D eigenvalue weighted by atomic mass is 16.6. The molecule has 1 saturated heterocycles. The smallest absolute Gasteiger partial charge is 0.337 e. The van der Waals surface area contributed by atoms with Gasteiger partial charge in [0, 0.05) is 17.9 Å². The molecular weight excluding hydrogens is 324 g/mol. The van der Waals surface area contributed by atoms with Crippen molar-refractivity contribution in [1.82, 2.24) is 0 Å². The van der Waals surface area contributed by atoms with Gasteiger partial charge in [-0.3, -0.25) is 4.79 Å². The standard InChI is InChI=1S/C19H20O6/c1-9-6-13-15-11(2-3-12(20)16(15)17(21)24-13)19(9)7-14(25-18(19)22)10-4-5-23-8-10/h4-5,8-9,11-14,20H,2-3,6-7H2,1H3/t9-,11-,12+,13+,14-,19-/m0/s1. The third-order valence-corrected chi connectivity index (χ3v) is 6.70. The SMILES string of the molecule is C[C@H]1C[C@H]2OC(=O)C3=C2[C@H](CC[C@H]3O)[C@]12C[C@@H](c1ccoc1)OC2=O. The van der Waals surface area contributed by atoms with E-state index < -0.39 is 17.5 Å². The molecule has 5 rings (SSSR count). The number of furan rings is 1. The van der Waals surface area contributed by atoms with Crippen LogP contribution >= 0.6 is 0 Å². The van der Waals surface area contributed by atoms with Gasteiger partial charge in [0.2, 0.25) is 0 Å². The summed E-state index contributed by atoms with van der Waals surface area (Å²) in [5.74, 6) is -0.676. The molecule has 2 fully saturated rings. The van der Waals surface area contributed by atoms with Gasteiger partial charge in [0.1, 0.15) is 12.2 Å². The lowest BCUT2D eigenvalue weighted by atomic mass is 9.53. The van der Waals surface area contributed by atoms with E-state index in [2.05, 4.69) is 0 Å². The summed E-state index contributed by atoms with van der Waals surface area (Å²) in [6, 6.07) is 1.82. The zero-order valence-corrected chi connectivity index (χ0v) is 13.9. The first-order valence-corrected chi connectivity index (χ1v) is 8.88. The van der Waals surface area contributed by atoms with Crippen LogP contribution in [0.25, 0.3) is 0 Å². The van der Waals surface area contributed by atoms with Crippen LogP contribution in [0.2, 0.25) is 0 Å². The lowest BCUT2D eigenvalue weighted by molar-refractivity contribution is -0.156. The molecule has 1 spiro atoms. The Morgan fingerprint density at radius 3 is 2.80 bits per heavy atom. The summed E-state index contributed by atoms with van der Waals surface area (Å²) in [6.45, 7) is 2.05. The van der Waals surface area contributed by atoms with Crippen LogP contribution in [0.15, 0.2) is 34.2 Å². The lowest BCUT2D eigenvalue weighted by Gasteiger charge is -2.47. The van der Waals surface area contributed by atoms with Crippen molar-refractivity contribution in [3.63, 3.8) is 0 Å². The quantitative estimate of drug-likeness (QED) is 0.787. The number of aliphatic hydroxyl groups is 1. The Balaban J connectivity index is 1.61. The fraction of sp³-hybridized carbons (Fsp3) is 0.579. The van der Waals surface area contributed by atoms with Crippen LogP contribution in [0.5, 0.6) is 0 Å². The number of hydrogen-bond acceptors (Lipinski definition) is 6. The molecule has 0 amide bonds. The third-order valence-electron chi connectivity index (χ3n) is 6.70. The summed E-state index contributed by atoms with van der Waals surface area (Å²) in [4.78, 5) is 25.3. The fourth-order valence-corrected chi connectivity index (χ4v) is 5.50. The molecular formula is C19H20O6. The maximum Gasteiger partial charge on any atom is 0.337 e. The van der Waals surface area contributed by atoms with Crippen LogP contribution in [-0.2, 0) is 19.1 Å². The van der Waals surface area contributed by atoms with E-state index >= 15 is 0 Å². The van der Waals surface area contributed by atoms with Gasteiger partial charge < -0.3 is 19.0 Å². The van der Waals surface area contributed by atoms with E-state index in [9.17, 15) is 14.7 Å². The van der Waals surface area contributed by atoms with Crippen LogP contribution in [0, 0.1) is 17.3 Å². The number of esters is 2. The van der Waals surface area contributed by atoms with E-state index in [-0.39, 0.29) is 30.0 Å². The molecule has 1 N–H and O–H groups in total. The molecule has 6 atom stereocenters. The first kappa shape index (κ1) is 15.2. The van der Waals surface area contributed by atoms with Crippen molar-refractivity contribution in [1.29, 1.82) is 0 Å². The van der Waals surface area contributed by atoms with Crippen molar-refractivity contribution in [2.75, 3.05) is 0 Å².